The van der Waals surface area contributed by atoms with E-state index in [9.17, 15) is 4.79 Å². The highest BCUT2D eigenvalue weighted by atomic mass is 16.5. The van der Waals surface area contributed by atoms with E-state index in [4.69, 9.17) is 10.00 Å². The van der Waals surface area contributed by atoms with Crippen LogP contribution in [0.3, 0.4) is 0 Å². The van der Waals surface area contributed by atoms with E-state index in [2.05, 4.69) is 24.1 Å². The molecule has 0 bridgehead atoms. The molecular weight excluding hydrogens is 266 g/mol. The summed E-state index contributed by atoms with van der Waals surface area (Å²) in [5.41, 5.74) is 0.436. The Labute approximate surface area is 126 Å². The molecule has 0 radical (unpaired) electrons. The SMILES string of the molecule is CCCN(CC)CCNC(=O)COc1ccccc1C#N. The minimum absolute atomic E-state index is 0.0708. The molecule has 21 heavy (non-hydrogen) atoms. The van der Waals surface area contributed by atoms with Crippen molar-refractivity contribution in [2.75, 3.05) is 32.8 Å². The van der Waals surface area contributed by atoms with Crippen LogP contribution in [0.2, 0.25) is 0 Å². The van der Waals surface area contributed by atoms with Crippen LogP contribution in [0, 0.1) is 11.3 Å². The van der Waals surface area contributed by atoms with Gasteiger partial charge in [-0.2, -0.15) is 5.26 Å². The maximum Gasteiger partial charge on any atom is 0.257 e. The van der Waals surface area contributed by atoms with E-state index in [1.54, 1.807) is 24.3 Å². The molecule has 1 N–H and O–H groups in total. The van der Waals surface area contributed by atoms with Crippen LogP contribution >= 0.6 is 0 Å². The van der Waals surface area contributed by atoms with Gasteiger partial charge in [0.25, 0.3) is 5.91 Å². The molecule has 0 saturated heterocycles. The highest BCUT2D eigenvalue weighted by molar-refractivity contribution is 5.77. The minimum Gasteiger partial charge on any atom is -0.482 e. The summed E-state index contributed by atoms with van der Waals surface area (Å²) in [7, 11) is 0. The van der Waals surface area contributed by atoms with Crippen molar-refractivity contribution in [2.24, 2.45) is 0 Å². The van der Waals surface area contributed by atoms with Gasteiger partial charge in [-0.3, -0.25) is 4.79 Å². The number of nitrogens with zero attached hydrogens (tertiary/aromatic N) is 2. The third kappa shape index (κ3) is 6.28. The number of likely N-dealkylation sites (N-methyl/N-ethyl adjacent to an activating group) is 1. The number of carbonyl (C=O) groups is 1. The Bertz CT molecular complexity index is 483. The number of rotatable bonds is 9. The van der Waals surface area contributed by atoms with Gasteiger partial charge < -0.3 is 15.0 Å². The highest BCUT2D eigenvalue weighted by Crippen LogP contribution is 2.15. The lowest BCUT2D eigenvalue weighted by molar-refractivity contribution is -0.123. The molecule has 1 amide bonds. The topological polar surface area (TPSA) is 65.4 Å². The standard InChI is InChI=1S/C16H23N3O2/c1-3-10-19(4-2)11-9-18-16(20)13-21-15-8-6-5-7-14(15)12-17/h5-8H,3-4,9-11,13H2,1-2H3,(H,18,20). The van der Waals surface area contributed by atoms with E-state index < -0.39 is 0 Å². The van der Waals surface area contributed by atoms with Gasteiger partial charge in [-0.15, -0.1) is 0 Å². The summed E-state index contributed by atoms with van der Waals surface area (Å²) >= 11 is 0. The van der Waals surface area contributed by atoms with Crippen molar-refractivity contribution in [1.82, 2.24) is 10.2 Å². The van der Waals surface area contributed by atoms with Gasteiger partial charge in [0.1, 0.15) is 11.8 Å². The number of benzene rings is 1. The minimum atomic E-state index is -0.171. The molecule has 0 aliphatic rings. The van der Waals surface area contributed by atoms with Crippen LogP contribution in [0.1, 0.15) is 25.8 Å². The van der Waals surface area contributed by atoms with Crippen molar-refractivity contribution >= 4 is 5.91 Å². The number of carbonyl (C=O) groups excluding carboxylic acids is 1. The fourth-order valence-corrected chi connectivity index (χ4v) is 1.98. The Morgan fingerprint density at radius 1 is 1.33 bits per heavy atom. The molecule has 5 nitrogen and oxygen atoms in total. The van der Waals surface area contributed by atoms with Crippen molar-refractivity contribution in [3.8, 4) is 11.8 Å². The monoisotopic (exact) mass is 289 g/mol. The van der Waals surface area contributed by atoms with Gasteiger partial charge in [0, 0.05) is 13.1 Å². The molecule has 0 fully saturated rings. The smallest absolute Gasteiger partial charge is 0.257 e. The maximum absolute atomic E-state index is 11.7. The Hall–Kier alpha value is -2.06. The normalized spacial score (nSPS) is 10.2. The lowest BCUT2D eigenvalue weighted by Crippen LogP contribution is -2.37. The first-order valence-corrected chi connectivity index (χ1v) is 7.32. The van der Waals surface area contributed by atoms with Gasteiger partial charge in [-0.05, 0) is 31.6 Å². The fourth-order valence-electron chi connectivity index (χ4n) is 1.98. The van der Waals surface area contributed by atoms with Crippen molar-refractivity contribution < 1.29 is 9.53 Å². The zero-order valence-electron chi connectivity index (χ0n) is 12.8. The van der Waals surface area contributed by atoms with E-state index >= 15 is 0 Å². The van der Waals surface area contributed by atoms with Crippen LogP contribution in [0.5, 0.6) is 5.75 Å². The predicted molar refractivity (Wildman–Crippen MR) is 82.1 cm³/mol. The van der Waals surface area contributed by atoms with E-state index in [1.807, 2.05) is 6.07 Å². The first kappa shape index (κ1) is 17.0. The molecule has 0 unspecified atom stereocenters. The number of ether oxygens (including phenoxy) is 1. The van der Waals surface area contributed by atoms with Crippen LogP contribution < -0.4 is 10.1 Å². The Morgan fingerprint density at radius 2 is 2.10 bits per heavy atom. The number of para-hydroxylation sites is 1. The molecule has 0 aromatic heterocycles. The van der Waals surface area contributed by atoms with Gasteiger partial charge in [0.15, 0.2) is 6.61 Å². The fraction of sp³-hybridized carbons (Fsp3) is 0.500. The molecule has 0 aliphatic heterocycles. The summed E-state index contributed by atoms with van der Waals surface area (Å²) in [4.78, 5) is 14.0. The molecule has 0 atom stereocenters. The Kier molecular flexibility index (Phi) is 7.92. The largest absolute Gasteiger partial charge is 0.482 e. The number of nitriles is 1. The first-order valence-electron chi connectivity index (χ1n) is 7.32. The van der Waals surface area contributed by atoms with Crippen LogP contribution in [-0.2, 0) is 4.79 Å². The average Bonchev–Trinajstić information content (AvgIpc) is 2.52. The first-order chi connectivity index (χ1) is 10.2. The molecule has 0 aliphatic carbocycles. The molecule has 1 rings (SSSR count). The summed E-state index contributed by atoms with van der Waals surface area (Å²) in [5, 5.41) is 11.8. The lowest BCUT2D eigenvalue weighted by Gasteiger charge is -2.19. The van der Waals surface area contributed by atoms with Crippen molar-refractivity contribution in [2.45, 2.75) is 20.3 Å². The van der Waals surface area contributed by atoms with Crippen molar-refractivity contribution in [3.63, 3.8) is 0 Å². The molecule has 0 spiro atoms. The summed E-state index contributed by atoms with van der Waals surface area (Å²) in [6, 6.07) is 8.92. The molecular formula is C16H23N3O2. The van der Waals surface area contributed by atoms with Gasteiger partial charge in [-0.25, -0.2) is 0 Å². The summed E-state index contributed by atoms with van der Waals surface area (Å²) in [6.45, 7) is 7.65. The van der Waals surface area contributed by atoms with Crippen LogP contribution in [0.25, 0.3) is 0 Å². The highest BCUT2D eigenvalue weighted by Gasteiger charge is 2.06. The molecule has 0 saturated carbocycles. The van der Waals surface area contributed by atoms with Gasteiger partial charge in [0.05, 0.1) is 5.56 Å². The van der Waals surface area contributed by atoms with E-state index in [0.29, 0.717) is 17.9 Å². The zero-order chi connectivity index (χ0) is 15.5. The quantitative estimate of drug-likeness (QED) is 0.752. The molecule has 1 aromatic rings. The number of amides is 1. The number of nitrogens with one attached hydrogen (secondary N) is 1. The second-order valence-corrected chi connectivity index (χ2v) is 4.68. The van der Waals surface area contributed by atoms with Gasteiger partial charge in [0.2, 0.25) is 0 Å². The molecule has 5 heteroatoms. The number of hydrogen-bond acceptors (Lipinski definition) is 4. The molecule has 1 aromatic carbocycles. The lowest BCUT2D eigenvalue weighted by atomic mass is 10.2. The van der Waals surface area contributed by atoms with Crippen molar-refractivity contribution in [3.05, 3.63) is 29.8 Å². The van der Waals surface area contributed by atoms with Crippen LogP contribution in [0.15, 0.2) is 24.3 Å². The van der Waals surface area contributed by atoms with Crippen LogP contribution in [-0.4, -0.2) is 43.6 Å². The second kappa shape index (κ2) is 9.78. The third-order valence-corrected chi connectivity index (χ3v) is 3.10. The third-order valence-electron chi connectivity index (χ3n) is 3.10. The van der Waals surface area contributed by atoms with Gasteiger partial charge >= 0.3 is 0 Å². The molecule has 114 valence electrons. The van der Waals surface area contributed by atoms with Crippen molar-refractivity contribution in [1.29, 1.82) is 5.26 Å². The van der Waals surface area contributed by atoms with E-state index in [-0.39, 0.29) is 12.5 Å². The zero-order valence-corrected chi connectivity index (χ0v) is 12.8. The summed E-state index contributed by atoms with van der Waals surface area (Å²) < 4.78 is 5.37. The average molecular weight is 289 g/mol. The van der Waals surface area contributed by atoms with E-state index in [0.717, 1.165) is 26.1 Å². The second-order valence-electron chi connectivity index (χ2n) is 4.68. The Balaban J connectivity index is 2.30. The molecule has 0 heterocycles. The summed E-state index contributed by atoms with van der Waals surface area (Å²) in [6.07, 6.45) is 1.11. The summed E-state index contributed by atoms with van der Waals surface area (Å²) in [5.74, 6) is 0.270. The van der Waals surface area contributed by atoms with Crippen LogP contribution in [0.4, 0.5) is 0 Å². The number of hydrogen-bond donors (Lipinski definition) is 1. The predicted octanol–water partition coefficient (Wildman–Crippen LogP) is 1.79. The maximum atomic E-state index is 11.7. The van der Waals surface area contributed by atoms with Gasteiger partial charge in [-0.1, -0.05) is 26.0 Å². The van der Waals surface area contributed by atoms with E-state index in [1.165, 1.54) is 0 Å². The Morgan fingerprint density at radius 3 is 2.76 bits per heavy atom.